The van der Waals surface area contributed by atoms with Gasteiger partial charge in [0.1, 0.15) is 5.76 Å². The average molecular weight is 329 g/mol. The molecular weight excluding hydrogens is 306 g/mol. The summed E-state index contributed by atoms with van der Waals surface area (Å²) in [6.07, 6.45) is 7.12. The van der Waals surface area contributed by atoms with Gasteiger partial charge < -0.3 is 15.1 Å². The van der Waals surface area contributed by atoms with Crippen LogP contribution in [0.15, 0.2) is 35.2 Å². The molecule has 24 heavy (non-hydrogen) atoms. The molecule has 0 bridgehead atoms. The minimum absolute atomic E-state index is 0.0633. The zero-order valence-electron chi connectivity index (χ0n) is 13.9. The molecule has 1 fully saturated rings. The number of nitrogens with zero attached hydrogens (tertiary/aromatic N) is 3. The highest BCUT2D eigenvalue weighted by Gasteiger charge is 2.26. The molecule has 0 aromatic carbocycles. The van der Waals surface area contributed by atoms with Crippen LogP contribution < -0.4 is 10.6 Å². The third kappa shape index (κ3) is 3.91. The molecule has 3 heterocycles. The van der Waals surface area contributed by atoms with Crippen LogP contribution in [0.1, 0.15) is 41.9 Å². The maximum atomic E-state index is 12.3. The van der Waals surface area contributed by atoms with Gasteiger partial charge in [-0.15, -0.1) is 0 Å². The number of furan rings is 1. The van der Waals surface area contributed by atoms with Crippen LogP contribution in [0.5, 0.6) is 0 Å². The summed E-state index contributed by atoms with van der Waals surface area (Å²) in [5.74, 6) is 1.24. The fourth-order valence-electron chi connectivity index (χ4n) is 2.93. The lowest BCUT2D eigenvalue weighted by Gasteiger charge is -2.25. The Morgan fingerprint density at radius 1 is 1.33 bits per heavy atom. The maximum absolute atomic E-state index is 12.3. The zero-order chi connectivity index (χ0) is 16.8. The predicted molar refractivity (Wildman–Crippen MR) is 90.8 cm³/mol. The van der Waals surface area contributed by atoms with Crippen molar-refractivity contribution in [2.24, 2.45) is 0 Å². The smallest absolute Gasteiger partial charge is 0.254 e. The van der Waals surface area contributed by atoms with Crippen LogP contribution in [-0.4, -0.2) is 47.0 Å². The van der Waals surface area contributed by atoms with Crippen LogP contribution in [0.25, 0.3) is 0 Å². The quantitative estimate of drug-likeness (QED) is 0.809. The van der Waals surface area contributed by atoms with Crippen LogP contribution in [0, 0.1) is 0 Å². The van der Waals surface area contributed by atoms with Crippen molar-refractivity contribution in [1.82, 2.24) is 20.2 Å². The van der Waals surface area contributed by atoms with Gasteiger partial charge in [0.15, 0.2) is 0 Å². The standard InChI is InChI=1S/C17H23N5O2/c1-2-18-17-20-10-13(11-21-17)16(23)19-12-14(15-6-5-9-24-15)22-7-3-4-8-22/h5-6,9-11,14H,2-4,7-8,12H2,1H3,(H,19,23)(H,18,20,21). The Kier molecular flexibility index (Phi) is 5.43. The summed E-state index contributed by atoms with van der Waals surface area (Å²) in [4.78, 5) is 23.0. The number of hydrogen-bond donors (Lipinski definition) is 2. The number of hydrogen-bond acceptors (Lipinski definition) is 6. The number of carbonyl (C=O) groups is 1. The predicted octanol–water partition coefficient (Wildman–Crippen LogP) is 2.07. The first-order chi connectivity index (χ1) is 11.8. The van der Waals surface area contributed by atoms with Gasteiger partial charge >= 0.3 is 0 Å². The molecule has 3 rings (SSSR count). The SMILES string of the molecule is CCNc1ncc(C(=O)NCC(c2ccco2)N2CCCC2)cn1. The highest BCUT2D eigenvalue weighted by Crippen LogP contribution is 2.24. The molecule has 7 heteroatoms. The Balaban J connectivity index is 1.62. The third-order valence-corrected chi connectivity index (χ3v) is 4.16. The molecule has 0 aliphatic carbocycles. The van der Waals surface area contributed by atoms with Crippen molar-refractivity contribution in [3.8, 4) is 0 Å². The summed E-state index contributed by atoms with van der Waals surface area (Å²) in [5.41, 5.74) is 0.455. The van der Waals surface area contributed by atoms with Crippen molar-refractivity contribution >= 4 is 11.9 Å². The Labute approximate surface area is 141 Å². The van der Waals surface area contributed by atoms with Gasteiger partial charge in [-0.05, 0) is 45.0 Å². The van der Waals surface area contributed by atoms with E-state index in [1.807, 2.05) is 19.1 Å². The highest BCUT2D eigenvalue weighted by molar-refractivity contribution is 5.93. The summed E-state index contributed by atoms with van der Waals surface area (Å²) in [6.45, 7) is 5.27. The zero-order valence-corrected chi connectivity index (χ0v) is 13.9. The Morgan fingerprint density at radius 2 is 2.08 bits per heavy atom. The van der Waals surface area contributed by atoms with Crippen molar-refractivity contribution in [3.05, 3.63) is 42.1 Å². The summed E-state index contributed by atoms with van der Waals surface area (Å²) in [6, 6.07) is 3.91. The molecule has 0 spiro atoms. The van der Waals surface area contributed by atoms with E-state index in [0.717, 1.165) is 25.4 Å². The van der Waals surface area contributed by atoms with Crippen LogP contribution >= 0.6 is 0 Å². The lowest BCUT2D eigenvalue weighted by molar-refractivity contribution is 0.0933. The van der Waals surface area contributed by atoms with Crippen LogP contribution in [0.3, 0.4) is 0 Å². The van der Waals surface area contributed by atoms with E-state index >= 15 is 0 Å². The summed E-state index contributed by atoms with van der Waals surface area (Å²) >= 11 is 0. The summed E-state index contributed by atoms with van der Waals surface area (Å²) in [5, 5.41) is 5.98. The van der Waals surface area contributed by atoms with Gasteiger partial charge in [0.05, 0.1) is 17.9 Å². The molecule has 1 amide bonds. The number of aromatic nitrogens is 2. The first kappa shape index (κ1) is 16.4. The molecule has 0 saturated carbocycles. The normalized spacial score (nSPS) is 16.0. The lowest BCUT2D eigenvalue weighted by Crippen LogP contribution is -2.36. The molecule has 0 radical (unpaired) electrons. The van der Waals surface area contributed by atoms with E-state index in [0.29, 0.717) is 18.1 Å². The van der Waals surface area contributed by atoms with Gasteiger partial charge in [-0.3, -0.25) is 9.69 Å². The molecule has 1 aliphatic heterocycles. The number of nitrogens with one attached hydrogen (secondary N) is 2. The lowest BCUT2D eigenvalue weighted by atomic mass is 10.2. The second kappa shape index (κ2) is 7.92. The fraction of sp³-hybridized carbons (Fsp3) is 0.471. The Bertz CT molecular complexity index is 636. The number of carbonyl (C=O) groups excluding carboxylic acids is 1. The number of rotatable bonds is 7. The van der Waals surface area contributed by atoms with Crippen LogP contribution in [-0.2, 0) is 0 Å². The van der Waals surface area contributed by atoms with E-state index < -0.39 is 0 Å². The van der Waals surface area contributed by atoms with Gasteiger partial charge in [0, 0.05) is 25.5 Å². The second-order valence-electron chi connectivity index (χ2n) is 5.81. The maximum Gasteiger partial charge on any atom is 0.254 e. The molecule has 1 atom stereocenters. The first-order valence-electron chi connectivity index (χ1n) is 8.39. The number of amides is 1. The molecule has 2 N–H and O–H groups in total. The van der Waals surface area contributed by atoms with Gasteiger partial charge in [0.2, 0.25) is 5.95 Å². The summed E-state index contributed by atoms with van der Waals surface area (Å²) in [7, 11) is 0. The highest BCUT2D eigenvalue weighted by atomic mass is 16.3. The van der Waals surface area contributed by atoms with Crippen molar-refractivity contribution in [1.29, 1.82) is 0 Å². The average Bonchev–Trinajstić information content (AvgIpc) is 3.30. The van der Waals surface area contributed by atoms with Crippen LogP contribution in [0.4, 0.5) is 5.95 Å². The Hall–Kier alpha value is -2.41. The van der Waals surface area contributed by atoms with Crippen molar-refractivity contribution in [3.63, 3.8) is 0 Å². The van der Waals surface area contributed by atoms with Crippen LogP contribution in [0.2, 0.25) is 0 Å². The van der Waals surface area contributed by atoms with Crippen molar-refractivity contribution in [2.45, 2.75) is 25.8 Å². The number of anilines is 1. The molecule has 128 valence electrons. The molecule has 7 nitrogen and oxygen atoms in total. The largest absolute Gasteiger partial charge is 0.468 e. The van der Waals surface area contributed by atoms with Crippen molar-refractivity contribution < 1.29 is 9.21 Å². The van der Waals surface area contributed by atoms with E-state index in [-0.39, 0.29) is 11.9 Å². The molecule has 1 unspecified atom stereocenters. The van der Waals surface area contributed by atoms with Gasteiger partial charge in [-0.2, -0.15) is 0 Å². The molecule has 2 aromatic heterocycles. The minimum atomic E-state index is -0.172. The summed E-state index contributed by atoms with van der Waals surface area (Å²) < 4.78 is 5.56. The molecule has 2 aromatic rings. The van der Waals surface area contributed by atoms with Gasteiger partial charge in [0.25, 0.3) is 5.91 Å². The van der Waals surface area contributed by atoms with E-state index in [9.17, 15) is 4.79 Å². The van der Waals surface area contributed by atoms with E-state index in [2.05, 4.69) is 25.5 Å². The minimum Gasteiger partial charge on any atom is -0.468 e. The van der Waals surface area contributed by atoms with E-state index in [4.69, 9.17) is 4.42 Å². The third-order valence-electron chi connectivity index (χ3n) is 4.16. The van der Waals surface area contributed by atoms with E-state index in [1.54, 1.807) is 6.26 Å². The van der Waals surface area contributed by atoms with Gasteiger partial charge in [-0.1, -0.05) is 0 Å². The Morgan fingerprint density at radius 3 is 2.71 bits per heavy atom. The number of likely N-dealkylation sites (tertiary alicyclic amines) is 1. The van der Waals surface area contributed by atoms with E-state index in [1.165, 1.54) is 25.2 Å². The van der Waals surface area contributed by atoms with Crippen molar-refractivity contribution in [2.75, 3.05) is 31.5 Å². The van der Waals surface area contributed by atoms with Gasteiger partial charge in [-0.25, -0.2) is 9.97 Å². The fourth-order valence-corrected chi connectivity index (χ4v) is 2.93. The molecule has 1 saturated heterocycles. The second-order valence-corrected chi connectivity index (χ2v) is 5.81. The topological polar surface area (TPSA) is 83.3 Å². The first-order valence-corrected chi connectivity index (χ1v) is 8.39. The monoisotopic (exact) mass is 329 g/mol. The molecular formula is C17H23N5O2. The molecule has 1 aliphatic rings.